The fourth-order valence-electron chi connectivity index (χ4n) is 7.87. The van der Waals surface area contributed by atoms with E-state index in [0.717, 1.165) is 0 Å². The molecule has 1 fully saturated rings. The molecule has 8 N–H and O–H groups in total. The molecule has 2 aromatic carbocycles. The Morgan fingerprint density at radius 2 is 1.74 bits per heavy atom. The van der Waals surface area contributed by atoms with Gasteiger partial charge in [0.15, 0.2) is 11.4 Å². The summed E-state index contributed by atoms with van der Waals surface area (Å²) in [6, 6.07) is 8.49. The largest absolute Gasteiger partial charge is 0.508 e. The molecule has 3 aliphatic carbocycles. The summed E-state index contributed by atoms with van der Waals surface area (Å²) in [5, 5.41) is 61.7. The van der Waals surface area contributed by atoms with Gasteiger partial charge in [-0.3, -0.25) is 23.8 Å². The summed E-state index contributed by atoms with van der Waals surface area (Å²) >= 11 is 0. The van der Waals surface area contributed by atoms with Crippen molar-refractivity contribution in [1.82, 2.24) is 4.90 Å². The van der Waals surface area contributed by atoms with Crippen LogP contribution >= 0.6 is 7.37 Å². The Bertz CT molecular complexity index is 1830. The van der Waals surface area contributed by atoms with Gasteiger partial charge in [-0.15, -0.1) is 0 Å². The highest BCUT2D eigenvalue weighted by atomic mass is 31.2. The lowest BCUT2D eigenvalue weighted by molar-refractivity contribution is -0.169. The number of benzene rings is 2. The summed E-state index contributed by atoms with van der Waals surface area (Å²) in [7, 11) is 0.922. The smallest absolute Gasteiger partial charge is 0.255 e. The predicted molar refractivity (Wildman–Crippen MR) is 184 cm³/mol. The number of nitrogens with one attached hydrogen (secondary N) is 1. The number of ether oxygens (including phenoxy) is 1. The first-order chi connectivity index (χ1) is 23.5. The lowest BCUT2D eigenvalue weighted by atomic mass is 9.54. The van der Waals surface area contributed by atoms with Gasteiger partial charge in [-0.05, 0) is 62.7 Å². The number of ketones is 2. The van der Waals surface area contributed by atoms with Crippen LogP contribution in [0.15, 0.2) is 53.3 Å². The standard InChI is InChI=1S/C35H44N3O11P/c1-7-15-50(47,49-8-2)34(17-9-11-18(48-6)12-10-17)37-20-14-13-19-16(3)21-23(28(40)22(19)27(20)39)31(43)35(46)25(29(21)41)26(38(4)5)30(42)24(32(35)44)33(36)45/h9-14,16,21,25-26,29,34,37,39-41,44,46H,7-8,15H2,1-6H3,(H2,36,45)/t16-,21+,25+,26-,29-,34?,35-,50?/m0/s1. The zero-order valence-corrected chi connectivity index (χ0v) is 29.6. The van der Waals surface area contributed by atoms with Crippen LogP contribution in [0.3, 0.4) is 0 Å². The van der Waals surface area contributed by atoms with Crippen LogP contribution in [0.4, 0.5) is 5.69 Å². The summed E-state index contributed by atoms with van der Waals surface area (Å²) in [4.78, 5) is 41.4. The molecule has 0 bridgehead atoms. The minimum Gasteiger partial charge on any atom is -0.508 e. The first kappa shape index (κ1) is 37.1. The average molecular weight is 714 g/mol. The van der Waals surface area contributed by atoms with E-state index in [-0.39, 0.29) is 24.0 Å². The van der Waals surface area contributed by atoms with Gasteiger partial charge in [-0.2, -0.15) is 0 Å². The summed E-state index contributed by atoms with van der Waals surface area (Å²) in [6.07, 6.45) is -0.977. The third-order valence-corrected chi connectivity index (χ3v) is 13.1. The van der Waals surface area contributed by atoms with Crippen molar-refractivity contribution in [1.29, 1.82) is 0 Å². The second-order valence-electron chi connectivity index (χ2n) is 13.2. The second kappa shape index (κ2) is 13.5. The molecule has 0 aromatic heterocycles. The van der Waals surface area contributed by atoms with E-state index in [1.807, 2.05) is 6.92 Å². The van der Waals surface area contributed by atoms with E-state index < -0.39 is 94.5 Å². The Hall–Kier alpha value is -4.20. The number of fused-ring (bicyclic) bond motifs is 3. The molecule has 1 amide bonds. The normalized spacial score (nSPS) is 28.1. The Morgan fingerprint density at radius 1 is 1.10 bits per heavy atom. The van der Waals surface area contributed by atoms with Gasteiger partial charge in [0.05, 0.1) is 43.0 Å². The number of carbonyl (C=O) groups is 3. The van der Waals surface area contributed by atoms with E-state index in [2.05, 4.69) is 5.32 Å². The first-order valence-electron chi connectivity index (χ1n) is 16.3. The van der Waals surface area contributed by atoms with Gasteiger partial charge in [-0.1, -0.05) is 32.0 Å². The maximum Gasteiger partial charge on any atom is 0.255 e. The summed E-state index contributed by atoms with van der Waals surface area (Å²) < 4.78 is 25.5. The van der Waals surface area contributed by atoms with Crippen LogP contribution in [0.2, 0.25) is 0 Å². The Morgan fingerprint density at radius 3 is 2.28 bits per heavy atom. The van der Waals surface area contributed by atoms with Gasteiger partial charge < -0.3 is 45.8 Å². The number of phenolic OH excluding ortho intramolecular Hbond substituents is 1. The molecule has 1 saturated carbocycles. The van der Waals surface area contributed by atoms with E-state index in [1.165, 1.54) is 32.2 Å². The number of methoxy groups -OCH3 is 1. The maximum absolute atomic E-state index is 14.4. The minimum atomic E-state index is -3.48. The van der Waals surface area contributed by atoms with E-state index in [9.17, 15) is 44.5 Å². The molecular weight excluding hydrogens is 669 g/mol. The highest BCUT2D eigenvalue weighted by Crippen LogP contribution is 2.62. The Labute approximate surface area is 289 Å². The molecule has 5 rings (SSSR count). The number of aliphatic hydroxyl groups excluding tert-OH is 3. The molecule has 50 heavy (non-hydrogen) atoms. The number of aliphatic hydroxyl groups is 4. The Balaban J connectivity index is 1.69. The van der Waals surface area contributed by atoms with Crippen molar-refractivity contribution in [2.75, 3.05) is 39.3 Å². The maximum atomic E-state index is 14.4. The third-order valence-electron chi connectivity index (χ3n) is 10.1. The fourth-order valence-corrected chi connectivity index (χ4v) is 10.4. The lowest BCUT2D eigenvalue weighted by Crippen LogP contribution is -2.70. The van der Waals surface area contributed by atoms with Crippen LogP contribution in [-0.4, -0.2) is 99.6 Å². The van der Waals surface area contributed by atoms with E-state index in [1.54, 1.807) is 44.2 Å². The quantitative estimate of drug-likeness (QED) is 0.101. The van der Waals surface area contributed by atoms with Gasteiger partial charge in [0.2, 0.25) is 13.2 Å². The number of phenols is 1. The molecule has 270 valence electrons. The monoisotopic (exact) mass is 713 g/mol. The van der Waals surface area contributed by atoms with Crippen molar-refractivity contribution < 1.29 is 53.7 Å². The molecule has 0 saturated heterocycles. The highest BCUT2D eigenvalue weighted by molar-refractivity contribution is 7.59. The number of rotatable bonds is 11. The average Bonchev–Trinajstić information content (AvgIpc) is 3.06. The number of amides is 1. The Kier molecular flexibility index (Phi) is 10.0. The van der Waals surface area contributed by atoms with Crippen LogP contribution in [-0.2, 0) is 23.5 Å². The molecule has 0 radical (unpaired) electrons. The van der Waals surface area contributed by atoms with Crippen LogP contribution in [0.5, 0.6) is 11.5 Å². The number of likely N-dealkylation sites (N-methyl/N-ethyl adjacent to an activating group) is 1. The van der Waals surface area contributed by atoms with Crippen LogP contribution in [0, 0.1) is 11.8 Å². The number of hydrogen-bond donors (Lipinski definition) is 7. The zero-order chi connectivity index (χ0) is 37.0. The van der Waals surface area contributed by atoms with Crippen molar-refractivity contribution in [3.8, 4) is 11.5 Å². The van der Waals surface area contributed by atoms with Crippen molar-refractivity contribution in [3.63, 3.8) is 0 Å². The number of hydrogen-bond acceptors (Lipinski definition) is 13. The number of primary amides is 1. The number of anilines is 1. The SMILES string of the molecule is CCCP(=O)(OCC)C(Nc1ccc2c(c1O)C(O)=C1C(=O)[C@]3(O)C(O)=C(C(N)=O)C(=O)[C@@H](N(C)C)[C@@H]3[C@@H](O)[C@@H]1[C@H]2C)c1ccc(OC)cc1. The summed E-state index contributed by atoms with van der Waals surface area (Å²) in [5.74, 6) is -10.3. The van der Waals surface area contributed by atoms with E-state index in [0.29, 0.717) is 23.3 Å². The number of Topliss-reactive ketones (excluding diaryl/α,β-unsaturated/α-hetero) is 2. The number of carbonyl (C=O) groups excluding carboxylic acids is 3. The molecule has 3 aliphatic rings. The van der Waals surface area contributed by atoms with Gasteiger partial charge in [0.25, 0.3) is 5.91 Å². The van der Waals surface area contributed by atoms with Crippen molar-refractivity contribution >= 4 is 36.3 Å². The second-order valence-corrected chi connectivity index (χ2v) is 15.8. The minimum absolute atomic E-state index is 0.0356. The molecule has 0 spiro atoms. The molecule has 15 heteroatoms. The van der Waals surface area contributed by atoms with E-state index >= 15 is 0 Å². The van der Waals surface area contributed by atoms with Gasteiger partial charge in [0.1, 0.15) is 34.4 Å². The molecule has 8 atom stereocenters. The predicted octanol–water partition coefficient (Wildman–Crippen LogP) is 3.34. The fraction of sp³-hybridized carbons (Fsp3) is 0.457. The molecule has 0 heterocycles. The lowest BCUT2D eigenvalue weighted by Gasteiger charge is -2.53. The van der Waals surface area contributed by atoms with Gasteiger partial charge in [0, 0.05) is 17.7 Å². The molecule has 14 nitrogen and oxygen atoms in total. The van der Waals surface area contributed by atoms with Crippen molar-refractivity contribution in [2.24, 2.45) is 17.6 Å². The van der Waals surface area contributed by atoms with Crippen molar-refractivity contribution in [3.05, 3.63) is 70.0 Å². The van der Waals surface area contributed by atoms with Gasteiger partial charge in [-0.25, -0.2) is 0 Å². The molecule has 2 aromatic rings. The molecule has 0 aliphatic heterocycles. The van der Waals surface area contributed by atoms with Crippen LogP contribution in [0.25, 0.3) is 5.76 Å². The molecular formula is C35H44N3O11P. The topological polar surface area (TPSA) is 229 Å². The van der Waals surface area contributed by atoms with Crippen LogP contribution < -0.4 is 15.8 Å². The number of aromatic hydroxyl groups is 1. The highest BCUT2D eigenvalue weighted by Gasteiger charge is 2.68. The number of nitrogens with zero attached hydrogens (tertiary/aromatic N) is 1. The number of nitrogens with two attached hydrogens (primary N) is 1. The first-order valence-corrected chi connectivity index (χ1v) is 18.2. The summed E-state index contributed by atoms with van der Waals surface area (Å²) in [6.45, 7) is 5.39. The van der Waals surface area contributed by atoms with Crippen LogP contribution in [0.1, 0.15) is 55.6 Å². The van der Waals surface area contributed by atoms with E-state index in [4.69, 9.17) is 15.0 Å². The van der Waals surface area contributed by atoms with Gasteiger partial charge >= 0.3 is 0 Å². The summed E-state index contributed by atoms with van der Waals surface area (Å²) in [5.41, 5.74) is 1.61. The van der Waals surface area contributed by atoms with Crippen molar-refractivity contribution in [2.45, 2.75) is 56.6 Å². The molecule has 2 unspecified atom stereocenters. The third kappa shape index (κ3) is 5.50. The zero-order valence-electron chi connectivity index (χ0n) is 28.7.